The first kappa shape index (κ1) is 12.9. The minimum absolute atomic E-state index is 0.122. The van der Waals surface area contributed by atoms with Crippen LogP contribution < -0.4 is 10.6 Å². The average Bonchev–Trinajstić information content (AvgIpc) is 2.74. The average molecular weight is 275 g/mol. The summed E-state index contributed by atoms with van der Waals surface area (Å²) in [6.07, 6.45) is -5.02. The zero-order chi connectivity index (χ0) is 13.3. The molecule has 0 bridgehead atoms. The molecule has 2 rings (SSSR count). The molecule has 1 aromatic carbocycles. The van der Waals surface area contributed by atoms with Crippen LogP contribution in [0.1, 0.15) is 6.42 Å². The molecular formula is C11H12F3N3S. The molecule has 0 saturated carbocycles. The van der Waals surface area contributed by atoms with Crippen molar-refractivity contribution in [3.63, 3.8) is 0 Å². The number of alkyl halides is 3. The minimum atomic E-state index is -4.16. The SMILES string of the molecule is CN(CCC(F)(F)F)c1ccc2scnc2c1N. The summed E-state index contributed by atoms with van der Waals surface area (Å²) in [6.45, 7) is -0.122. The maximum atomic E-state index is 12.2. The van der Waals surface area contributed by atoms with Crippen LogP contribution in [0.2, 0.25) is 0 Å². The molecule has 0 unspecified atom stereocenters. The summed E-state index contributed by atoms with van der Waals surface area (Å²) in [5.41, 5.74) is 9.25. The predicted molar refractivity (Wildman–Crippen MR) is 68.0 cm³/mol. The second kappa shape index (κ2) is 4.64. The summed E-state index contributed by atoms with van der Waals surface area (Å²) >= 11 is 1.45. The normalized spacial score (nSPS) is 12.0. The summed E-state index contributed by atoms with van der Waals surface area (Å²) in [5, 5.41) is 0. The van der Waals surface area contributed by atoms with E-state index in [-0.39, 0.29) is 6.54 Å². The molecule has 2 N–H and O–H groups in total. The van der Waals surface area contributed by atoms with Crippen molar-refractivity contribution < 1.29 is 13.2 Å². The molecule has 0 aliphatic heterocycles. The van der Waals surface area contributed by atoms with Crippen LogP contribution in [0, 0.1) is 0 Å². The first-order valence-electron chi connectivity index (χ1n) is 5.28. The van der Waals surface area contributed by atoms with Gasteiger partial charge in [0.2, 0.25) is 0 Å². The lowest BCUT2D eigenvalue weighted by Crippen LogP contribution is -2.24. The molecule has 1 aromatic heterocycles. The number of thiazole rings is 1. The third kappa shape index (κ3) is 2.66. The number of nitrogens with zero attached hydrogens (tertiary/aromatic N) is 2. The van der Waals surface area contributed by atoms with Crippen LogP contribution in [0.3, 0.4) is 0 Å². The van der Waals surface area contributed by atoms with Crippen LogP contribution in [0.4, 0.5) is 24.5 Å². The van der Waals surface area contributed by atoms with Crippen molar-refractivity contribution in [3.8, 4) is 0 Å². The van der Waals surface area contributed by atoms with Crippen molar-refractivity contribution in [3.05, 3.63) is 17.6 Å². The largest absolute Gasteiger partial charge is 0.395 e. The molecule has 1 heterocycles. The van der Waals surface area contributed by atoms with Gasteiger partial charge in [-0.25, -0.2) is 4.98 Å². The number of hydrogen-bond donors (Lipinski definition) is 1. The van der Waals surface area contributed by atoms with E-state index in [0.717, 1.165) is 4.70 Å². The smallest absolute Gasteiger partial charge is 0.390 e. The van der Waals surface area contributed by atoms with Crippen LogP contribution in [0.5, 0.6) is 0 Å². The lowest BCUT2D eigenvalue weighted by molar-refractivity contribution is -0.132. The summed E-state index contributed by atoms with van der Waals surface area (Å²) in [4.78, 5) is 5.62. The van der Waals surface area contributed by atoms with E-state index in [4.69, 9.17) is 5.73 Å². The topological polar surface area (TPSA) is 42.2 Å². The highest BCUT2D eigenvalue weighted by Crippen LogP contribution is 2.32. The van der Waals surface area contributed by atoms with Crippen LogP contribution in [0.25, 0.3) is 10.2 Å². The Hall–Kier alpha value is -1.50. The zero-order valence-electron chi connectivity index (χ0n) is 9.66. The monoisotopic (exact) mass is 275 g/mol. The number of nitrogens with two attached hydrogens (primary N) is 1. The number of aromatic nitrogens is 1. The molecule has 0 aliphatic carbocycles. The fourth-order valence-electron chi connectivity index (χ4n) is 1.69. The van der Waals surface area contributed by atoms with Crippen LogP contribution in [0.15, 0.2) is 17.6 Å². The van der Waals surface area contributed by atoms with Crippen LogP contribution in [-0.4, -0.2) is 24.8 Å². The number of nitrogen functional groups attached to an aromatic ring is 1. The Kier molecular flexibility index (Phi) is 3.34. The molecule has 0 spiro atoms. The first-order chi connectivity index (χ1) is 8.38. The maximum absolute atomic E-state index is 12.2. The van der Waals surface area contributed by atoms with E-state index in [9.17, 15) is 13.2 Å². The van der Waals surface area contributed by atoms with Gasteiger partial charge >= 0.3 is 6.18 Å². The van der Waals surface area contributed by atoms with E-state index in [1.165, 1.54) is 16.2 Å². The Morgan fingerprint density at radius 1 is 1.39 bits per heavy atom. The number of benzene rings is 1. The maximum Gasteiger partial charge on any atom is 0.390 e. The summed E-state index contributed by atoms with van der Waals surface area (Å²) < 4.78 is 37.4. The van der Waals surface area contributed by atoms with Gasteiger partial charge in [0.25, 0.3) is 0 Å². The van der Waals surface area contributed by atoms with E-state index in [2.05, 4.69) is 4.98 Å². The molecule has 0 atom stereocenters. The molecule has 3 nitrogen and oxygen atoms in total. The molecule has 18 heavy (non-hydrogen) atoms. The molecule has 98 valence electrons. The third-order valence-corrected chi connectivity index (χ3v) is 3.45. The molecule has 0 amide bonds. The van der Waals surface area contributed by atoms with Gasteiger partial charge < -0.3 is 10.6 Å². The fraction of sp³-hybridized carbons (Fsp3) is 0.364. The van der Waals surface area contributed by atoms with Gasteiger partial charge in [-0.3, -0.25) is 0 Å². The molecule has 0 radical (unpaired) electrons. The summed E-state index contributed by atoms with van der Waals surface area (Å²) in [5.74, 6) is 0. The quantitative estimate of drug-likeness (QED) is 0.874. The number of hydrogen-bond acceptors (Lipinski definition) is 4. The Morgan fingerprint density at radius 3 is 2.78 bits per heavy atom. The molecule has 2 aromatic rings. The predicted octanol–water partition coefficient (Wildman–Crippen LogP) is 3.27. The molecule has 0 fully saturated rings. The molecule has 0 aliphatic rings. The van der Waals surface area contributed by atoms with Gasteiger partial charge in [0.05, 0.1) is 28.0 Å². The second-order valence-corrected chi connectivity index (χ2v) is 4.87. The summed E-state index contributed by atoms with van der Waals surface area (Å²) in [7, 11) is 1.59. The van der Waals surface area contributed by atoms with Gasteiger partial charge in [0, 0.05) is 13.6 Å². The van der Waals surface area contributed by atoms with Crippen LogP contribution >= 0.6 is 11.3 Å². The standard InChI is InChI=1S/C11H12F3N3S/c1-17(5-4-11(12,13)14)7-2-3-8-10(9(7)15)16-6-18-8/h2-3,6H,4-5,15H2,1H3. The lowest BCUT2D eigenvalue weighted by atomic mass is 10.2. The van der Waals surface area contributed by atoms with Crippen molar-refractivity contribution >= 4 is 32.9 Å². The number of halogens is 3. The van der Waals surface area contributed by atoms with E-state index in [0.29, 0.717) is 16.9 Å². The number of rotatable bonds is 3. The van der Waals surface area contributed by atoms with Crippen LogP contribution in [-0.2, 0) is 0 Å². The van der Waals surface area contributed by atoms with Crippen molar-refractivity contribution in [2.75, 3.05) is 24.2 Å². The van der Waals surface area contributed by atoms with Gasteiger partial charge in [-0.05, 0) is 12.1 Å². The summed E-state index contributed by atoms with van der Waals surface area (Å²) in [6, 6.07) is 3.55. The highest BCUT2D eigenvalue weighted by atomic mass is 32.1. The Labute approximate surface area is 106 Å². The first-order valence-corrected chi connectivity index (χ1v) is 6.16. The van der Waals surface area contributed by atoms with Gasteiger partial charge in [0.1, 0.15) is 5.52 Å². The van der Waals surface area contributed by atoms with E-state index in [1.807, 2.05) is 6.07 Å². The third-order valence-electron chi connectivity index (χ3n) is 2.66. The highest BCUT2D eigenvalue weighted by Gasteiger charge is 2.27. The van der Waals surface area contributed by atoms with Gasteiger partial charge in [-0.2, -0.15) is 13.2 Å². The zero-order valence-corrected chi connectivity index (χ0v) is 10.5. The number of anilines is 2. The fourth-order valence-corrected chi connectivity index (χ4v) is 2.38. The Morgan fingerprint density at radius 2 is 2.11 bits per heavy atom. The van der Waals surface area contributed by atoms with Crippen molar-refractivity contribution in [1.82, 2.24) is 4.98 Å². The van der Waals surface area contributed by atoms with E-state index in [1.54, 1.807) is 18.6 Å². The number of fused-ring (bicyclic) bond motifs is 1. The minimum Gasteiger partial charge on any atom is -0.395 e. The van der Waals surface area contributed by atoms with Gasteiger partial charge in [0.15, 0.2) is 0 Å². The molecule has 7 heteroatoms. The van der Waals surface area contributed by atoms with E-state index < -0.39 is 12.6 Å². The second-order valence-electron chi connectivity index (χ2n) is 3.98. The Bertz CT molecular complexity index is 550. The highest BCUT2D eigenvalue weighted by molar-refractivity contribution is 7.16. The molecular weight excluding hydrogens is 263 g/mol. The van der Waals surface area contributed by atoms with Crippen molar-refractivity contribution in [1.29, 1.82) is 0 Å². The Balaban J connectivity index is 2.22. The van der Waals surface area contributed by atoms with E-state index >= 15 is 0 Å². The van der Waals surface area contributed by atoms with Crippen molar-refractivity contribution in [2.45, 2.75) is 12.6 Å². The molecule has 0 saturated heterocycles. The van der Waals surface area contributed by atoms with Crippen molar-refractivity contribution in [2.24, 2.45) is 0 Å². The van der Waals surface area contributed by atoms with Gasteiger partial charge in [-0.15, -0.1) is 11.3 Å². The lowest BCUT2D eigenvalue weighted by Gasteiger charge is -2.21. The van der Waals surface area contributed by atoms with Gasteiger partial charge in [-0.1, -0.05) is 0 Å².